The number of benzene rings is 1. The maximum atomic E-state index is 4.03. The van der Waals surface area contributed by atoms with Crippen LogP contribution in [-0.4, -0.2) is 14.8 Å². The number of nitrogens with zero attached hydrogens (tertiary/aromatic N) is 3. The third-order valence-electron chi connectivity index (χ3n) is 2.14. The second-order valence-corrected chi connectivity index (χ2v) is 4.04. The van der Waals surface area contributed by atoms with E-state index >= 15 is 0 Å². The largest absolute Gasteiger partial charge is 0.202 e. The second-order valence-electron chi connectivity index (χ2n) is 3.01. The van der Waals surface area contributed by atoms with Gasteiger partial charge in [0.1, 0.15) is 4.83 Å². The van der Waals surface area contributed by atoms with Gasteiger partial charge in [0.25, 0.3) is 0 Å². The average Bonchev–Trinajstić information content (AvgIpc) is 2.65. The van der Waals surface area contributed by atoms with Crippen molar-refractivity contribution in [2.75, 3.05) is 0 Å². The standard InChI is InChI=1S/C9H7N3S/c1-6-3-2-4-7-9(6)13-8-5-10-11-12(7)8/h2-5H,1H3. The van der Waals surface area contributed by atoms with E-state index in [0.29, 0.717) is 0 Å². The average molecular weight is 189 g/mol. The van der Waals surface area contributed by atoms with Crippen LogP contribution in [0.15, 0.2) is 24.4 Å². The molecule has 3 rings (SSSR count). The van der Waals surface area contributed by atoms with E-state index in [1.807, 2.05) is 10.6 Å². The summed E-state index contributed by atoms with van der Waals surface area (Å²) in [4.78, 5) is 1.10. The van der Waals surface area contributed by atoms with Crippen LogP contribution in [0.4, 0.5) is 0 Å². The normalized spacial score (nSPS) is 11.5. The van der Waals surface area contributed by atoms with Crippen LogP contribution in [0, 0.1) is 6.92 Å². The van der Waals surface area contributed by atoms with Crippen molar-refractivity contribution < 1.29 is 0 Å². The number of rotatable bonds is 0. The van der Waals surface area contributed by atoms with E-state index in [0.717, 1.165) is 10.3 Å². The van der Waals surface area contributed by atoms with Crippen LogP contribution < -0.4 is 0 Å². The van der Waals surface area contributed by atoms with Crippen LogP contribution in [0.2, 0.25) is 0 Å². The lowest BCUT2D eigenvalue weighted by atomic mass is 10.2. The lowest BCUT2D eigenvalue weighted by Crippen LogP contribution is -1.83. The van der Waals surface area contributed by atoms with Crippen molar-refractivity contribution in [2.45, 2.75) is 6.92 Å². The molecule has 13 heavy (non-hydrogen) atoms. The zero-order chi connectivity index (χ0) is 8.84. The summed E-state index contributed by atoms with van der Waals surface area (Å²) in [6, 6.07) is 6.23. The summed E-state index contributed by atoms with van der Waals surface area (Å²) in [5.74, 6) is 0. The van der Waals surface area contributed by atoms with Crippen LogP contribution in [0.25, 0.3) is 15.0 Å². The number of hydrogen-bond donors (Lipinski definition) is 0. The second kappa shape index (κ2) is 2.29. The molecule has 0 aliphatic heterocycles. The Kier molecular flexibility index (Phi) is 1.24. The summed E-state index contributed by atoms with van der Waals surface area (Å²) in [6.45, 7) is 2.12. The van der Waals surface area contributed by atoms with Crippen molar-refractivity contribution in [1.29, 1.82) is 0 Å². The molecule has 2 heterocycles. The molecule has 0 aliphatic rings. The molecule has 0 amide bonds. The first-order valence-corrected chi connectivity index (χ1v) is 4.86. The van der Waals surface area contributed by atoms with Crippen LogP contribution >= 0.6 is 11.3 Å². The highest BCUT2D eigenvalue weighted by molar-refractivity contribution is 7.24. The summed E-state index contributed by atoms with van der Waals surface area (Å²) >= 11 is 1.73. The van der Waals surface area contributed by atoms with E-state index in [-0.39, 0.29) is 0 Å². The van der Waals surface area contributed by atoms with Crippen LogP contribution in [0.1, 0.15) is 5.56 Å². The number of hydrogen-bond acceptors (Lipinski definition) is 3. The van der Waals surface area contributed by atoms with Crippen molar-refractivity contribution >= 4 is 26.4 Å². The predicted octanol–water partition coefficient (Wildman–Crippen LogP) is 2.25. The van der Waals surface area contributed by atoms with Gasteiger partial charge in [0, 0.05) is 0 Å². The fraction of sp³-hybridized carbons (Fsp3) is 0.111. The molecule has 0 fully saturated rings. The number of aryl methyl sites for hydroxylation is 1. The Hall–Kier alpha value is -1.42. The number of thiazole rings is 1. The lowest BCUT2D eigenvalue weighted by Gasteiger charge is -1.92. The van der Waals surface area contributed by atoms with Crippen molar-refractivity contribution in [3.8, 4) is 0 Å². The molecular weight excluding hydrogens is 182 g/mol. The summed E-state index contributed by atoms with van der Waals surface area (Å²) in [6.07, 6.45) is 1.80. The number of aromatic nitrogens is 3. The van der Waals surface area contributed by atoms with Gasteiger partial charge < -0.3 is 0 Å². The first kappa shape index (κ1) is 7.03. The molecule has 2 aromatic heterocycles. The SMILES string of the molecule is Cc1cccc2c1sc1cnnn12. The van der Waals surface area contributed by atoms with Crippen molar-refractivity contribution in [1.82, 2.24) is 14.8 Å². The highest BCUT2D eigenvalue weighted by Gasteiger charge is 2.06. The molecule has 0 N–H and O–H groups in total. The third-order valence-corrected chi connectivity index (χ3v) is 3.37. The highest BCUT2D eigenvalue weighted by atomic mass is 32.1. The van der Waals surface area contributed by atoms with E-state index in [9.17, 15) is 0 Å². The first-order chi connectivity index (χ1) is 6.36. The molecule has 0 bridgehead atoms. The molecule has 3 nitrogen and oxygen atoms in total. The molecular formula is C9H7N3S. The Morgan fingerprint density at radius 1 is 1.38 bits per heavy atom. The zero-order valence-corrected chi connectivity index (χ0v) is 7.88. The Labute approximate surface area is 78.6 Å². The van der Waals surface area contributed by atoms with Gasteiger partial charge in [-0.05, 0) is 18.6 Å². The van der Waals surface area contributed by atoms with Crippen LogP contribution in [0.3, 0.4) is 0 Å². The van der Waals surface area contributed by atoms with Crippen LogP contribution in [0.5, 0.6) is 0 Å². The van der Waals surface area contributed by atoms with Gasteiger partial charge in [-0.1, -0.05) is 17.3 Å². The van der Waals surface area contributed by atoms with Crippen molar-refractivity contribution in [2.24, 2.45) is 0 Å². The summed E-state index contributed by atoms with van der Waals surface area (Å²) in [5, 5.41) is 7.89. The fourth-order valence-corrected chi connectivity index (χ4v) is 2.52. The minimum atomic E-state index is 1.10. The van der Waals surface area contributed by atoms with Gasteiger partial charge in [-0.2, -0.15) is 0 Å². The smallest absolute Gasteiger partial charge is 0.140 e. The fourth-order valence-electron chi connectivity index (χ4n) is 1.50. The van der Waals surface area contributed by atoms with Gasteiger partial charge in [0.15, 0.2) is 0 Å². The monoisotopic (exact) mass is 189 g/mol. The molecule has 0 aliphatic carbocycles. The quantitative estimate of drug-likeness (QED) is 0.543. The first-order valence-electron chi connectivity index (χ1n) is 4.05. The lowest BCUT2D eigenvalue weighted by molar-refractivity contribution is 0.887. The molecule has 4 heteroatoms. The van der Waals surface area contributed by atoms with Gasteiger partial charge in [-0.15, -0.1) is 16.4 Å². The van der Waals surface area contributed by atoms with Crippen molar-refractivity contribution in [3.63, 3.8) is 0 Å². The minimum Gasteiger partial charge on any atom is -0.202 e. The van der Waals surface area contributed by atoms with Crippen LogP contribution in [-0.2, 0) is 0 Å². The molecule has 0 spiro atoms. The van der Waals surface area contributed by atoms with E-state index in [1.54, 1.807) is 17.5 Å². The summed E-state index contributed by atoms with van der Waals surface area (Å²) in [5.41, 5.74) is 2.45. The Bertz CT molecular complexity index is 579. The van der Waals surface area contributed by atoms with Gasteiger partial charge in [0.05, 0.1) is 16.4 Å². The maximum absolute atomic E-state index is 4.03. The van der Waals surface area contributed by atoms with Crippen molar-refractivity contribution in [3.05, 3.63) is 30.0 Å². The minimum absolute atomic E-state index is 1.10. The summed E-state index contributed by atoms with van der Waals surface area (Å²) in [7, 11) is 0. The van der Waals surface area contributed by atoms with Gasteiger partial charge >= 0.3 is 0 Å². The molecule has 0 saturated heterocycles. The molecule has 3 aromatic rings. The Morgan fingerprint density at radius 3 is 3.23 bits per heavy atom. The highest BCUT2D eigenvalue weighted by Crippen LogP contribution is 2.27. The molecule has 1 aromatic carbocycles. The van der Waals surface area contributed by atoms with E-state index in [2.05, 4.69) is 29.4 Å². The predicted molar refractivity (Wildman–Crippen MR) is 53.1 cm³/mol. The maximum Gasteiger partial charge on any atom is 0.140 e. The van der Waals surface area contributed by atoms with Gasteiger partial charge in [-0.25, -0.2) is 4.52 Å². The third kappa shape index (κ3) is 0.833. The number of fused-ring (bicyclic) bond motifs is 3. The molecule has 0 unspecified atom stereocenters. The van der Waals surface area contributed by atoms with E-state index in [1.165, 1.54) is 10.3 Å². The van der Waals surface area contributed by atoms with E-state index < -0.39 is 0 Å². The van der Waals surface area contributed by atoms with Gasteiger partial charge in [0.2, 0.25) is 0 Å². The molecule has 64 valence electrons. The topological polar surface area (TPSA) is 30.2 Å². The zero-order valence-electron chi connectivity index (χ0n) is 7.06. The Morgan fingerprint density at radius 2 is 2.31 bits per heavy atom. The van der Waals surface area contributed by atoms with Gasteiger partial charge in [-0.3, -0.25) is 0 Å². The van der Waals surface area contributed by atoms with E-state index in [4.69, 9.17) is 0 Å². The summed E-state index contributed by atoms with van der Waals surface area (Å²) < 4.78 is 3.18. The Balaban J connectivity index is 2.66. The molecule has 0 radical (unpaired) electrons. The molecule has 0 saturated carbocycles. The molecule has 0 atom stereocenters.